The van der Waals surface area contributed by atoms with Gasteiger partial charge in [0.15, 0.2) is 5.60 Å². The first-order valence-corrected chi connectivity index (χ1v) is 9.15. The van der Waals surface area contributed by atoms with Crippen LogP contribution in [0.5, 0.6) is 23.0 Å². The highest BCUT2D eigenvalue weighted by Crippen LogP contribution is 2.57. The Balaban J connectivity index is 1.81. The van der Waals surface area contributed by atoms with Crippen molar-refractivity contribution >= 4 is 17.6 Å². The van der Waals surface area contributed by atoms with Gasteiger partial charge in [-0.25, -0.2) is 4.79 Å². The van der Waals surface area contributed by atoms with E-state index < -0.39 is 11.6 Å². The number of carbonyl (C=O) groups is 2. The summed E-state index contributed by atoms with van der Waals surface area (Å²) in [6.07, 6.45) is 0. The Morgan fingerprint density at radius 2 is 1.57 bits per heavy atom. The monoisotopic (exact) mass is 404 g/mol. The van der Waals surface area contributed by atoms with E-state index in [-0.39, 0.29) is 35.4 Å². The molecule has 5 N–H and O–H groups in total. The number of fused-ring (bicyclic) bond motifs is 6. The Hall–Kier alpha value is -4.04. The van der Waals surface area contributed by atoms with Crippen LogP contribution in [0.2, 0.25) is 0 Å². The van der Waals surface area contributed by atoms with Crippen molar-refractivity contribution in [2.45, 2.75) is 5.60 Å². The predicted molar refractivity (Wildman–Crippen MR) is 106 cm³/mol. The zero-order chi connectivity index (χ0) is 21.0. The van der Waals surface area contributed by atoms with E-state index in [0.29, 0.717) is 27.9 Å². The van der Waals surface area contributed by atoms with Crippen molar-refractivity contribution < 1.29 is 29.3 Å². The van der Waals surface area contributed by atoms with Gasteiger partial charge < -0.3 is 30.7 Å². The van der Waals surface area contributed by atoms with Crippen molar-refractivity contribution in [3.63, 3.8) is 0 Å². The van der Waals surface area contributed by atoms with Crippen molar-refractivity contribution in [3.8, 4) is 23.0 Å². The fourth-order valence-electron chi connectivity index (χ4n) is 3.99. The number of aromatic hydroxyl groups is 2. The SMILES string of the molecule is NCC(=O)Nc1ccc2c(c1)C1(OC2=O)c2ccc(O)cc2Oc2cc(O)ccc21. The van der Waals surface area contributed by atoms with Crippen LogP contribution in [-0.2, 0) is 15.1 Å². The van der Waals surface area contributed by atoms with Gasteiger partial charge in [-0.15, -0.1) is 0 Å². The lowest BCUT2D eigenvalue weighted by Gasteiger charge is -2.36. The van der Waals surface area contributed by atoms with Gasteiger partial charge in [-0.2, -0.15) is 0 Å². The van der Waals surface area contributed by atoms with Crippen LogP contribution in [0.15, 0.2) is 54.6 Å². The molecule has 2 aliphatic heterocycles. The highest BCUT2D eigenvalue weighted by atomic mass is 16.6. The molecule has 3 aromatic carbocycles. The summed E-state index contributed by atoms with van der Waals surface area (Å²) in [7, 11) is 0. The Labute approximate surface area is 170 Å². The van der Waals surface area contributed by atoms with Crippen LogP contribution in [0, 0.1) is 0 Å². The lowest BCUT2D eigenvalue weighted by atomic mass is 9.77. The summed E-state index contributed by atoms with van der Waals surface area (Å²) in [5.74, 6) is -0.407. The number of phenolic OH excluding ortho intramolecular Hbond substituents is 2. The van der Waals surface area contributed by atoms with Crippen LogP contribution in [0.25, 0.3) is 0 Å². The van der Waals surface area contributed by atoms with Gasteiger partial charge in [0.05, 0.1) is 12.1 Å². The number of phenols is 2. The molecule has 0 atom stereocenters. The number of hydrogen-bond donors (Lipinski definition) is 4. The second kappa shape index (κ2) is 6.23. The average Bonchev–Trinajstić information content (AvgIpc) is 3.00. The Morgan fingerprint density at radius 1 is 0.933 bits per heavy atom. The molecule has 1 amide bonds. The molecule has 8 heteroatoms. The summed E-state index contributed by atoms with van der Waals surface area (Å²) in [6.45, 7) is -0.185. The minimum atomic E-state index is -1.37. The lowest BCUT2D eigenvalue weighted by Crippen LogP contribution is -2.33. The van der Waals surface area contributed by atoms with Gasteiger partial charge in [0.1, 0.15) is 23.0 Å². The average molecular weight is 404 g/mol. The molecule has 8 nitrogen and oxygen atoms in total. The van der Waals surface area contributed by atoms with Crippen LogP contribution in [0.3, 0.4) is 0 Å². The van der Waals surface area contributed by atoms with E-state index in [0.717, 1.165) is 0 Å². The maximum atomic E-state index is 12.8. The molecular formula is C22H16N2O6. The molecular weight excluding hydrogens is 388 g/mol. The van der Waals surface area contributed by atoms with Crippen LogP contribution < -0.4 is 15.8 Å². The van der Waals surface area contributed by atoms with Crippen molar-refractivity contribution in [1.82, 2.24) is 0 Å². The number of anilines is 1. The Kier molecular flexibility index (Phi) is 3.74. The van der Waals surface area contributed by atoms with Crippen molar-refractivity contribution in [3.05, 3.63) is 76.9 Å². The molecule has 150 valence electrons. The normalized spacial score (nSPS) is 14.9. The van der Waals surface area contributed by atoms with Gasteiger partial charge in [-0.3, -0.25) is 4.79 Å². The second-order valence-corrected chi connectivity index (χ2v) is 7.05. The Bertz CT molecular complexity index is 1180. The number of ether oxygens (including phenoxy) is 2. The highest BCUT2D eigenvalue weighted by molar-refractivity contribution is 5.99. The zero-order valence-electron chi connectivity index (χ0n) is 15.5. The Morgan fingerprint density at radius 3 is 2.17 bits per heavy atom. The third-order valence-electron chi connectivity index (χ3n) is 5.24. The van der Waals surface area contributed by atoms with Gasteiger partial charge in [-0.05, 0) is 42.5 Å². The van der Waals surface area contributed by atoms with Gasteiger partial charge in [-0.1, -0.05) is 0 Å². The molecule has 0 aliphatic carbocycles. The van der Waals surface area contributed by atoms with Crippen molar-refractivity contribution in [2.75, 3.05) is 11.9 Å². The summed E-state index contributed by atoms with van der Waals surface area (Å²) in [5, 5.41) is 22.6. The molecule has 0 bridgehead atoms. The minimum absolute atomic E-state index is 0.0268. The molecule has 3 aromatic rings. The maximum Gasteiger partial charge on any atom is 0.340 e. The fraction of sp³-hybridized carbons (Fsp3) is 0.0909. The van der Waals surface area contributed by atoms with E-state index in [1.807, 2.05) is 0 Å². The lowest BCUT2D eigenvalue weighted by molar-refractivity contribution is -0.114. The number of esters is 1. The number of rotatable bonds is 2. The number of carbonyl (C=O) groups excluding carboxylic acids is 2. The molecule has 0 fully saturated rings. The number of hydrogen-bond acceptors (Lipinski definition) is 7. The van der Waals surface area contributed by atoms with E-state index in [2.05, 4.69) is 5.32 Å². The topological polar surface area (TPSA) is 131 Å². The van der Waals surface area contributed by atoms with E-state index in [1.54, 1.807) is 30.3 Å². The molecule has 0 radical (unpaired) electrons. The zero-order valence-corrected chi connectivity index (χ0v) is 15.5. The number of nitrogens with two attached hydrogens (primary N) is 1. The van der Waals surface area contributed by atoms with Crippen LogP contribution in [-0.4, -0.2) is 28.6 Å². The number of nitrogens with one attached hydrogen (secondary N) is 1. The first-order valence-electron chi connectivity index (χ1n) is 9.15. The van der Waals surface area contributed by atoms with Crippen LogP contribution >= 0.6 is 0 Å². The highest BCUT2D eigenvalue weighted by Gasteiger charge is 2.53. The largest absolute Gasteiger partial charge is 0.508 e. The molecule has 0 saturated heterocycles. The molecule has 2 heterocycles. The van der Waals surface area contributed by atoms with Crippen molar-refractivity contribution in [1.29, 1.82) is 0 Å². The smallest absolute Gasteiger partial charge is 0.340 e. The van der Waals surface area contributed by atoms with E-state index in [9.17, 15) is 19.8 Å². The van der Waals surface area contributed by atoms with Gasteiger partial charge in [0.2, 0.25) is 5.91 Å². The molecule has 30 heavy (non-hydrogen) atoms. The first kappa shape index (κ1) is 18.0. The standard InChI is InChI=1S/C22H16N2O6/c23-10-20(27)24-11-1-4-14-17(7-11)22(30-21(14)28)15-5-2-12(25)8-18(15)29-19-9-13(26)3-6-16(19)22/h1-9,25-26H,10,23H2,(H,24,27). The van der Waals surface area contributed by atoms with Crippen LogP contribution in [0.1, 0.15) is 27.0 Å². The third-order valence-corrected chi connectivity index (χ3v) is 5.24. The number of amides is 1. The van der Waals surface area contributed by atoms with E-state index in [1.165, 1.54) is 24.3 Å². The molecule has 0 aromatic heterocycles. The van der Waals surface area contributed by atoms with Gasteiger partial charge in [0.25, 0.3) is 0 Å². The quantitative estimate of drug-likeness (QED) is 0.483. The minimum Gasteiger partial charge on any atom is -0.508 e. The maximum absolute atomic E-state index is 12.8. The summed E-state index contributed by atoms with van der Waals surface area (Å²) in [6, 6.07) is 13.8. The van der Waals surface area contributed by atoms with Crippen molar-refractivity contribution in [2.24, 2.45) is 5.73 Å². The van der Waals surface area contributed by atoms with Gasteiger partial charge in [0, 0.05) is 34.5 Å². The predicted octanol–water partition coefficient (Wildman–Crippen LogP) is 2.56. The van der Waals surface area contributed by atoms with E-state index >= 15 is 0 Å². The fourth-order valence-corrected chi connectivity index (χ4v) is 3.99. The molecule has 5 rings (SSSR count). The van der Waals surface area contributed by atoms with E-state index in [4.69, 9.17) is 15.2 Å². The molecule has 2 aliphatic rings. The third kappa shape index (κ3) is 2.44. The summed E-state index contributed by atoms with van der Waals surface area (Å²) >= 11 is 0. The molecule has 0 unspecified atom stereocenters. The summed E-state index contributed by atoms with van der Waals surface area (Å²) in [5.41, 5.74) is 6.32. The molecule has 1 spiro atoms. The first-order chi connectivity index (χ1) is 14.4. The summed E-state index contributed by atoms with van der Waals surface area (Å²) in [4.78, 5) is 24.6. The summed E-state index contributed by atoms with van der Waals surface area (Å²) < 4.78 is 11.9. The van der Waals surface area contributed by atoms with Gasteiger partial charge >= 0.3 is 5.97 Å². The number of benzene rings is 3. The second-order valence-electron chi connectivity index (χ2n) is 7.05. The molecule has 0 saturated carbocycles. The van der Waals surface area contributed by atoms with Crippen LogP contribution in [0.4, 0.5) is 5.69 Å².